The second kappa shape index (κ2) is 6.12. The summed E-state index contributed by atoms with van der Waals surface area (Å²) in [7, 11) is 0. The van der Waals surface area contributed by atoms with E-state index in [1.54, 1.807) is 24.5 Å². The van der Waals surface area contributed by atoms with E-state index in [0.717, 1.165) is 5.56 Å². The van der Waals surface area contributed by atoms with E-state index in [0.29, 0.717) is 23.6 Å². The first-order valence-corrected chi connectivity index (χ1v) is 5.92. The number of aromatic nitrogens is 2. The molecule has 0 aliphatic carbocycles. The Morgan fingerprint density at radius 2 is 1.94 bits per heavy atom. The lowest BCUT2D eigenvalue weighted by molar-refractivity contribution is -0.116. The first kappa shape index (κ1) is 12.5. The van der Waals surface area contributed by atoms with Gasteiger partial charge in [0.15, 0.2) is 0 Å². The molecule has 0 aliphatic rings. The van der Waals surface area contributed by atoms with Crippen LogP contribution in [-0.4, -0.2) is 15.9 Å². The summed E-state index contributed by atoms with van der Waals surface area (Å²) >= 11 is 5.95. The van der Waals surface area contributed by atoms with Gasteiger partial charge in [0.05, 0.1) is 10.7 Å². The molecule has 0 fully saturated rings. The van der Waals surface area contributed by atoms with Gasteiger partial charge in [-0.25, -0.2) is 9.97 Å². The fraction of sp³-hybridized carbons (Fsp3) is 0.154. The molecule has 0 bridgehead atoms. The van der Waals surface area contributed by atoms with Crippen molar-refractivity contribution in [2.24, 2.45) is 0 Å². The van der Waals surface area contributed by atoms with Crippen LogP contribution in [-0.2, 0) is 11.2 Å². The summed E-state index contributed by atoms with van der Waals surface area (Å²) in [5.41, 5.74) is 1.57. The van der Waals surface area contributed by atoms with Crippen molar-refractivity contribution in [3.05, 3.63) is 53.6 Å². The van der Waals surface area contributed by atoms with Gasteiger partial charge in [0.2, 0.25) is 5.91 Å². The molecular formula is C13H12ClN3O. The third-order valence-corrected chi connectivity index (χ3v) is 2.73. The van der Waals surface area contributed by atoms with Crippen LogP contribution < -0.4 is 5.32 Å². The number of aryl methyl sites for hydroxylation is 1. The molecule has 0 radical (unpaired) electrons. The number of anilines is 1. The molecule has 2 rings (SSSR count). The number of hydrogen-bond acceptors (Lipinski definition) is 3. The van der Waals surface area contributed by atoms with Crippen molar-refractivity contribution in [2.75, 3.05) is 5.32 Å². The summed E-state index contributed by atoms with van der Waals surface area (Å²) in [6.07, 6.45) is 5.86. The molecule has 1 N–H and O–H groups in total. The lowest BCUT2D eigenvalue weighted by Crippen LogP contribution is -2.12. The number of carbonyl (C=O) groups is 1. The summed E-state index contributed by atoms with van der Waals surface area (Å²) in [6, 6.07) is 7.15. The topological polar surface area (TPSA) is 54.9 Å². The Morgan fingerprint density at radius 1 is 1.22 bits per heavy atom. The average molecular weight is 262 g/mol. The highest BCUT2D eigenvalue weighted by atomic mass is 35.5. The number of hydrogen-bond donors (Lipinski definition) is 1. The van der Waals surface area contributed by atoms with E-state index in [2.05, 4.69) is 15.3 Å². The number of halogens is 1. The van der Waals surface area contributed by atoms with Crippen LogP contribution in [0.15, 0.2) is 43.0 Å². The highest BCUT2D eigenvalue weighted by molar-refractivity contribution is 6.33. The molecule has 1 amide bonds. The normalized spacial score (nSPS) is 10.1. The number of benzene rings is 1. The quantitative estimate of drug-likeness (QED) is 0.921. The molecule has 1 heterocycles. The minimum atomic E-state index is -0.0769. The van der Waals surface area contributed by atoms with E-state index in [9.17, 15) is 4.79 Å². The number of nitrogens with zero attached hydrogens (tertiary/aromatic N) is 2. The fourth-order valence-electron chi connectivity index (χ4n) is 1.49. The van der Waals surface area contributed by atoms with Crippen LogP contribution >= 0.6 is 11.6 Å². The predicted molar refractivity (Wildman–Crippen MR) is 70.4 cm³/mol. The zero-order chi connectivity index (χ0) is 12.8. The summed E-state index contributed by atoms with van der Waals surface area (Å²) in [5.74, 6) is -0.0769. The molecule has 0 unspecified atom stereocenters. The summed E-state index contributed by atoms with van der Waals surface area (Å²) in [5, 5.41) is 3.30. The number of rotatable bonds is 4. The summed E-state index contributed by atoms with van der Waals surface area (Å²) in [6.45, 7) is 0. The summed E-state index contributed by atoms with van der Waals surface area (Å²) in [4.78, 5) is 19.5. The summed E-state index contributed by atoms with van der Waals surface area (Å²) < 4.78 is 0. The Balaban J connectivity index is 1.88. The van der Waals surface area contributed by atoms with Crippen molar-refractivity contribution >= 4 is 23.2 Å². The first-order chi connectivity index (χ1) is 8.75. The highest BCUT2D eigenvalue weighted by Crippen LogP contribution is 2.20. The Kier molecular flexibility index (Phi) is 4.25. The average Bonchev–Trinajstić information content (AvgIpc) is 2.40. The lowest BCUT2D eigenvalue weighted by Gasteiger charge is -2.06. The minimum Gasteiger partial charge on any atom is -0.325 e. The fourth-order valence-corrected chi connectivity index (χ4v) is 1.68. The van der Waals surface area contributed by atoms with Gasteiger partial charge in [-0.1, -0.05) is 23.7 Å². The van der Waals surface area contributed by atoms with E-state index in [-0.39, 0.29) is 5.91 Å². The molecule has 92 valence electrons. The molecule has 0 saturated carbocycles. The molecule has 0 aliphatic heterocycles. The molecule has 4 nitrogen and oxygen atoms in total. The van der Waals surface area contributed by atoms with E-state index in [1.165, 1.54) is 6.33 Å². The van der Waals surface area contributed by atoms with E-state index < -0.39 is 0 Å². The standard InChI is InChI=1S/C13H12ClN3O/c14-11-3-1-2-4-12(11)17-13(18)6-5-10-7-15-9-16-8-10/h1-4,7-9H,5-6H2,(H,17,18). The maximum Gasteiger partial charge on any atom is 0.224 e. The van der Waals surface area contributed by atoms with Gasteiger partial charge in [-0.05, 0) is 24.1 Å². The van der Waals surface area contributed by atoms with Crippen molar-refractivity contribution in [3.8, 4) is 0 Å². The van der Waals surface area contributed by atoms with Gasteiger partial charge in [-0.2, -0.15) is 0 Å². The Labute approximate surface area is 110 Å². The number of carbonyl (C=O) groups excluding carboxylic acids is 1. The minimum absolute atomic E-state index is 0.0769. The molecule has 0 atom stereocenters. The van der Waals surface area contributed by atoms with Crippen molar-refractivity contribution in [1.29, 1.82) is 0 Å². The van der Waals surface area contributed by atoms with Gasteiger partial charge in [0.1, 0.15) is 6.33 Å². The second-order valence-corrected chi connectivity index (χ2v) is 4.18. The molecule has 1 aromatic heterocycles. The smallest absolute Gasteiger partial charge is 0.224 e. The van der Waals surface area contributed by atoms with Gasteiger partial charge in [0, 0.05) is 18.8 Å². The van der Waals surface area contributed by atoms with Crippen LogP contribution in [0, 0.1) is 0 Å². The maximum atomic E-state index is 11.7. The van der Waals surface area contributed by atoms with Gasteiger partial charge >= 0.3 is 0 Å². The molecule has 18 heavy (non-hydrogen) atoms. The zero-order valence-electron chi connectivity index (χ0n) is 9.64. The van der Waals surface area contributed by atoms with Crippen molar-refractivity contribution in [1.82, 2.24) is 9.97 Å². The monoisotopic (exact) mass is 261 g/mol. The third-order valence-electron chi connectivity index (χ3n) is 2.40. The molecule has 0 spiro atoms. The van der Waals surface area contributed by atoms with E-state index in [1.807, 2.05) is 12.1 Å². The van der Waals surface area contributed by atoms with Crippen molar-refractivity contribution in [3.63, 3.8) is 0 Å². The Morgan fingerprint density at radius 3 is 2.67 bits per heavy atom. The largest absolute Gasteiger partial charge is 0.325 e. The Hall–Kier alpha value is -1.94. The van der Waals surface area contributed by atoms with Gasteiger partial charge in [-0.15, -0.1) is 0 Å². The van der Waals surface area contributed by atoms with Crippen LogP contribution in [0.5, 0.6) is 0 Å². The van der Waals surface area contributed by atoms with Gasteiger partial charge in [-0.3, -0.25) is 4.79 Å². The van der Waals surface area contributed by atoms with Crippen molar-refractivity contribution in [2.45, 2.75) is 12.8 Å². The number of para-hydroxylation sites is 1. The third kappa shape index (κ3) is 3.53. The van der Waals surface area contributed by atoms with Crippen LogP contribution in [0.25, 0.3) is 0 Å². The number of nitrogens with one attached hydrogen (secondary N) is 1. The van der Waals surface area contributed by atoms with Gasteiger partial charge in [0.25, 0.3) is 0 Å². The molecule has 0 saturated heterocycles. The lowest BCUT2D eigenvalue weighted by atomic mass is 10.2. The molecule has 1 aromatic carbocycles. The van der Waals surface area contributed by atoms with E-state index >= 15 is 0 Å². The van der Waals surface area contributed by atoms with Crippen LogP contribution in [0.4, 0.5) is 5.69 Å². The molecular weight excluding hydrogens is 250 g/mol. The predicted octanol–water partition coefficient (Wildman–Crippen LogP) is 2.70. The van der Waals surface area contributed by atoms with Gasteiger partial charge < -0.3 is 5.32 Å². The van der Waals surface area contributed by atoms with Crippen LogP contribution in [0.2, 0.25) is 5.02 Å². The van der Waals surface area contributed by atoms with Crippen LogP contribution in [0.3, 0.4) is 0 Å². The van der Waals surface area contributed by atoms with E-state index in [4.69, 9.17) is 11.6 Å². The van der Waals surface area contributed by atoms with Crippen LogP contribution in [0.1, 0.15) is 12.0 Å². The molecule has 2 aromatic rings. The highest BCUT2D eigenvalue weighted by Gasteiger charge is 2.05. The first-order valence-electron chi connectivity index (χ1n) is 5.54. The number of amides is 1. The second-order valence-electron chi connectivity index (χ2n) is 3.77. The Bertz CT molecular complexity index is 531. The maximum absolute atomic E-state index is 11.7. The zero-order valence-corrected chi connectivity index (χ0v) is 10.4. The molecule has 5 heteroatoms. The van der Waals surface area contributed by atoms with Crippen molar-refractivity contribution < 1.29 is 4.79 Å². The SMILES string of the molecule is O=C(CCc1cncnc1)Nc1ccccc1Cl.